The van der Waals surface area contributed by atoms with Crippen molar-refractivity contribution >= 4 is 15.7 Å². The van der Waals surface area contributed by atoms with Crippen LogP contribution in [0, 0.1) is 12.7 Å². The molecule has 0 fully saturated rings. The Hall–Kier alpha value is -2.25. The number of amides is 1. The molecule has 2 aromatic rings. The van der Waals surface area contributed by atoms with E-state index in [0.717, 1.165) is 11.1 Å². The average molecular weight is 392 g/mol. The number of sulfone groups is 1. The van der Waals surface area contributed by atoms with Crippen molar-refractivity contribution < 1.29 is 17.6 Å². The highest BCUT2D eigenvalue weighted by Crippen LogP contribution is 2.18. The van der Waals surface area contributed by atoms with Crippen molar-refractivity contribution in [2.75, 3.05) is 26.4 Å². The molecule has 0 saturated heterocycles. The highest BCUT2D eigenvalue weighted by molar-refractivity contribution is 7.91. The quantitative estimate of drug-likeness (QED) is 0.750. The van der Waals surface area contributed by atoms with E-state index in [1.54, 1.807) is 36.4 Å². The molecule has 0 saturated carbocycles. The van der Waals surface area contributed by atoms with Crippen molar-refractivity contribution in [3.05, 3.63) is 65.5 Å². The van der Waals surface area contributed by atoms with Crippen LogP contribution in [0.2, 0.25) is 0 Å². The van der Waals surface area contributed by atoms with Gasteiger partial charge < -0.3 is 10.2 Å². The van der Waals surface area contributed by atoms with Gasteiger partial charge in [0.2, 0.25) is 5.91 Å². The second-order valence-electron chi connectivity index (χ2n) is 6.72. The van der Waals surface area contributed by atoms with Crippen LogP contribution in [-0.2, 0) is 14.6 Å². The molecule has 1 unspecified atom stereocenters. The molecule has 0 spiro atoms. The Morgan fingerprint density at radius 3 is 2.41 bits per heavy atom. The molecule has 0 aromatic heterocycles. The molecular formula is C20H25FN2O3S. The van der Waals surface area contributed by atoms with Gasteiger partial charge in [-0.25, -0.2) is 12.8 Å². The first kappa shape index (κ1) is 21.1. The summed E-state index contributed by atoms with van der Waals surface area (Å²) in [7, 11) is 0.168. The Balaban J connectivity index is 1.93. The van der Waals surface area contributed by atoms with Crippen molar-refractivity contribution in [2.45, 2.75) is 24.3 Å². The third-order valence-corrected chi connectivity index (χ3v) is 6.06. The number of halogens is 1. The summed E-state index contributed by atoms with van der Waals surface area (Å²) in [5.41, 5.74) is 1.71. The largest absolute Gasteiger partial charge is 0.354 e. The lowest BCUT2D eigenvalue weighted by Crippen LogP contribution is -2.35. The normalized spacial score (nSPS) is 12.8. The number of nitrogens with one attached hydrogen (secondary N) is 1. The summed E-state index contributed by atoms with van der Waals surface area (Å²) in [6.45, 7) is 2.14. The number of carbonyl (C=O) groups excluding carboxylic acids is 1. The summed E-state index contributed by atoms with van der Waals surface area (Å²) in [6.07, 6.45) is -0.125. The summed E-state index contributed by atoms with van der Waals surface area (Å²) in [5, 5.41) is 2.75. The smallest absolute Gasteiger partial charge is 0.221 e. The van der Waals surface area contributed by atoms with Crippen molar-refractivity contribution in [3.8, 4) is 0 Å². The summed E-state index contributed by atoms with van der Waals surface area (Å²) >= 11 is 0. The van der Waals surface area contributed by atoms with Crippen LogP contribution >= 0.6 is 0 Å². The van der Waals surface area contributed by atoms with Crippen LogP contribution in [0.4, 0.5) is 4.39 Å². The Labute approximate surface area is 160 Å². The minimum Gasteiger partial charge on any atom is -0.354 e. The van der Waals surface area contributed by atoms with Crippen LogP contribution in [0.3, 0.4) is 0 Å². The molecule has 27 heavy (non-hydrogen) atoms. The summed E-state index contributed by atoms with van der Waals surface area (Å²) in [5.74, 6) is -0.946. The van der Waals surface area contributed by atoms with Crippen molar-refractivity contribution in [3.63, 3.8) is 0 Å². The highest BCUT2D eigenvalue weighted by atomic mass is 32.2. The Kier molecular flexibility index (Phi) is 7.10. The van der Waals surface area contributed by atoms with Crippen molar-refractivity contribution in [1.82, 2.24) is 10.2 Å². The molecule has 5 nitrogen and oxygen atoms in total. The van der Waals surface area contributed by atoms with E-state index in [4.69, 9.17) is 0 Å². The molecule has 2 aromatic carbocycles. The minimum atomic E-state index is -3.51. The number of nitrogens with zero attached hydrogens (tertiary/aromatic N) is 1. The number of carbonyl (C=O) groups is 1. The number of benzene rings is 2. The third kappa shape index (κ3) is 6.15. The predicted molar refractivity (Wildman–Crippen MR) is 104 cm³/mol. The fraction of sp³-hybridized carbons (Fsp3) is 0.350. The molecule has 1 atom stereocenters. The summed E-state index contributed by atoms with van der Waals surface area (Å²) in [6, 6.07) is 12.6. The number of hydrogen-bond acceptors (Lipinski definition) is 4. The van der Waals surface area contributed by atoms with E-state index in [1.807, 2.05) is 25.9 Å². The third-order valence-electron chi connectivity index (χ3n) is 4.33. The van der Waals surface area contributed by atoms with Crippen LogP contribution in [-0.4, -0.2) is 45.6 Å². The second kappa shape index (κ2) is 9.10. The molecule has 0 heterocycles. The maximum atomic E-state index is 13.5. The van der Waals surface area contributed by atoms with Crippen molar-refractivity contribution in [2.24, 2.45) is 0 Å². The zero-order valence-electron chi connectivity index (χ0n) is 15.8. The van der Waals surface area contributed by atoms with Gasteiger partial charge in [-0.2, -0.15) is 0 Å². The van der Waals surface area contributed by atoms with E-state index in [1.165, 1.54) is 12.1 Å². The Bertz CT molecular complexity index is 880. The summed E-state index contributed by atoms with van der Waals surface area (Å²) < 4.78 is 38.1. The highest BCUT2D eigenvalue weighted by Gasteiger charge is 2.19. The fourth-order valence-corrected chi connectivity index (χ4v) is 3.94. The number of likely N-dealkylation sites (N-methyl/N-ethyl adjacent to an activating group) is 1. The first-order valence-corrected chi connectivity index (χ1v) is 10.3. The Morgan fingerprint density at radius 2 is 1.81 bits per heavy atom. The monoisotopic (exact) mass is 392 g/mol. The van der Waals surface area contributed by atoms with Gasteiger partial charge in [0.25, 0.3) is 0 Å². The van der Waals surface area contributed by atoms with Gasteiger partial charge in [0, 0.05) is 13.0 Å². The lowest BCUT2D eigenvalue weighted by molar-refractivity contribution is -0.120. The minimum absolute atomic E-state index is 0.125. The van der Waals surface area contributed by atoms with E-state index >= 15 is 0 Å². The van der Waals surface area contributed by atoms with Gasteiger partial charge >= 0.3 is 0 Å². The number of aryl methyl sites for hydroxylation is 1. The lowest BCUT2D eigenvalue weighted by Gasteiger charge is -2.25. The number of hydrogen-bond donors (Lipinski definition) is 1. The molecule has 2 rings (SSSR count). The average Bonchev–Trinajstić information content (AvgIpc) is 2.60. The van der Waals surface area contributed by atoms with Gasteiger partial charge in [-0.05, 0) is 50.8 Å². The molecule has 146 valence electrons. The van der Waals surface area contributed by atoms with Crippen LogP contribution < -0.4 is 5.32 Å². The fourth-order valence-electron chi connectivity index (χ4n) is 2.70. The number of rotatable bonds is 8. The van der Waals surface area contributed by atoms with E-state index in [2.05, 4.69) is 5.32 Å². The molecule has 7 heteroatoms. The SMILES string of the molecule is Cc1ccc(S(=O)(=O)CCC(=O)NCC(c2cccc(F)c2)N(C)C)cc1. The van der Waals surface area contributed by atoms with Gasteiger partial charge in [0.1, 0.15) is 5.82 Å². The zero-order valence-corrected chi connectivity index (χ0v) is 16.6. The van der Waals surface area contributed by atoms with Gasteiger partial charge in [0.05, 0.1) is 16.7 Å². The summed E-state index contributed by atoms with van der Waals surface area (Å²) in [4.78, 5) is 14.2. The second-order valence-corrected chi connectivity index (χ2v) is 8.83. The maximum absolute atomic E-state index is 13.5. The lowest BCUT2D eigenvalue weighted by atomic mass is 10.1. The van der Waals surface area contributed by atoms with E-state index in [0.29, 0.717) is 0 Å². The van der Waals surface area contributed by atoms with Crippen LogP contribution in [0.25, 0.3) is 0 Å². The van der Waals surface area contributed by atoms with Gasteiger partial charge in [-0.1, -0.05) is 29.8 Å². The van der Waals surface area contributed by atoms with Gasteiger partial charge in [0.15, 0.2) is 9.84 Å². The molecule has 0 bridgehead atoms. The molecule has 0 aliphatic heterocycles. The first-order valence-electron chi connectivity index (χ1n) is 8.67. The predicted octanol–water partition coefficient (Wildman–Crippen LogP) is 2.72. The molecule has 0 radical (unpaired) electrons. The molecule has 1 amide bonds. The molecular weight excluding hydrogens is 367 g/mol. The maximum Gasteiger partial charge on any atom is 0.221 e. The molecule has 0 aliphatic carbocycles. The van der Waals surface area contributed by atoms with E-state index < -0.39 is 9.84 Å². The standard InChI is InChI=1S/C20H25FN2O3S/c1-15-7-9-18(10-8-15)27(25,26)12-11-20(24)22-14-19(23(2)3)16-5-4-6-17(21)13-16/h4-10,13,19H,11-12,14H2,1-3H3,(H,22,24). The molecule has 0 aliphatic rings. The van der Waals surface area contributed by atoms with Crippen LogP contribution in [0.5, 0.6) is 0 Å². The Morgan fingerprint density at radius 1 is 1.15 bits per heavy atom. The van der Waals surface area contributed by atoms with Crippen LogP contribution in [0.1, 0.15) is 23.6 Å². The molecule has 1 N–H and O–H groups in total. The topological polar surface area (TPSA) is 66.5 Å². The van der Waals surface area contributed by atoms with Gasteiger partial charge in [-0.15, -0.1) is 0 Å². The van der Waals surface area contributed by atoms with E-state index in [9.17, 15) is 17.6 Å². The first-order chi connectivity index (χ1) is 12.7. The van der Waals surface area contributed by atoms with Crippen LogP contribution in [0.15, 0.2) is 53.4 Å². The van der Waals surface area contributed by atoms with Gasteiger partial charge in [-0.3, -0.25) is 4.79 Å². The van der Waals surface area contributed by atoms with E-state index in [-0.39, 0.29) is 41.4 Å². The zero-order chi connectivity index (χ0) is 20.0. The van der Waals surface area contributed by atoms with Crippen molar-refractivity contribution in [1.29, 1.82) is 0 Å².